The van der Waals surface area contributed by atoms with Gasteiger partial charge in [-0.15, -0.1) is 0 Å². The van der Waals surface area contributed by atoms with E-state index in [0.29, 0.717) is 19.3 Å². The fraction of sp³-hybridized carbons (Fsp3) is 0.857. The molecule has 2 saturated carbocycles. The molecule has 2 rings (SSSR count). The molecule has 0 saturated heterocycles. The third-order valence-electron chi connectivity index (χ3n) is 2.49. The van der Waals surface area contributed by atoms with Gasteiger partial charge in [0.1, 0.15) is 5.78 Å². The van der Waals surface area contributed by atoms with E-state index in [9.17, 15) is 13.6 Å². The standard InChI is InChI=1S/C7H8F2O/c8-7(9)4-2-1-3-5(10)6(4)7/h4,6H,1-3H2/t4-,6-/m1/s1. The number of hydrogen-bond donors (Lipinski definition) is 0. The Labute approximate surface area is 57.4 Å². The topological polar surface area (TPSA) is 17.1 Å². The van der Waals surface area contributed by atoms with Gasteiger partial charge in [0.15, 0.2) is 0 Å². The number of hydrogen-bond acceptors (Lipinski definition) is 1. The highest BCUT2D eigenvalue weighted by molar-refractivity contribution is 5.86. The molecule has 0 spiro atoms. The number of ketones is 1. The van der Waals surface area contributed by atoms with Crippen molar-refractivity contribution in [2.75, 3.05) is 0 Å². The molecule has 2 aliphatic rings. The largest absolute Gasteiger partial charge is 0.299 e. The van der Waals surface area contributed by atoms with Gasteiger partial charge in [0.2, 0.25) is 0 Å². The second-order valence-electron chi connectivity index (χ2n) is 3.12. The second kappa shape index (κ2) is 1.57. The van der Waals surface area contributed by atoms with E-state index in [1.54, 1.807) is 0 Å². The minimum absolute atomic E-state index is 0.221. The first kappa shape index (κ1) is 6.25. The minimum atomic E-state index is -2.63. The van der Waals surface area contributed by atoms with Crippen LogP contribution in [0.1, 0.15) is 19.3 Å². The van der Waals surface area contributed by atoms with Gasteiger partial charge in [0, 0.05) is 12.3 Å². The molecule has 0 unspecified atom stereocenters. The fourth-order valence-corrected chi connectivity index (χ4v) is 1.84. The smallest absolute Gasteiger partial charge is 0.261 e. The van der Waals surface area contributed by atoms with Crippen molar-refractivity contribution in [1.82, 2.24) is 0 Å². The monoisotopic (exact) mass is 146 g/mol. The van der Waals surface area contributed by atoms with Crippen LogP contribution in [0.25, 0.3) is 0 Å². The van der Waals surface area contributed by atoms with Crippen LogP contribution >= 0.6 is 0 Å². The highest BCUT2D eigenvalue weighted by Gasteiger charge is 2.71. The van der Waals surface area contributed by atoms with Crippen LogP contribution in [0, 0.1) is 11.8 Å². The average molecular weight is 146 g/mol. The third kappa shape index (κ3) is 0.580. The molecule has 0 aromatic rings. The van der Waals surface area contributed by atoms with Crippen LogP contribution in [0.5, 0.6) is 0 Å². The quantitative estimate of drug-likeness (QED) is 0.507. The SMILES string of the molecule is O=C1CCC[C@@H]2[C@H]1C2(F)F. The van der Waals surface area contributed by atoms with Crippen molar-refractivity contribution in [2.24, 2.45) is 11.8 Å². The Morgan fingerprint density at radius 3 is 2.70 bits per heavy atom. The number of halogens is 2. The Bertz CT molecular complexity index is 188. The van der Waals surface area contributed by atoms with Crippen molar-refractivity contribution >= 4 is 5.78 Å². The van der Waals surface area contributed by atoms with Crippen molar-refractivity contribution in [1.29, 1.82) is 0 Å². The predicted octanol–water partition coefficient (Wildman–Crippen LogP) is 1.62. The van der Waals surface area contributed by atoms with Gasteiger partial charge in [-0.05, 0) is 12.8 Å². The van der Waals surface area contributed by atoms with Crippen molar-refractivity contribution in [3.05, 3.63) is 0 Å². The number of fused-ring (bicyclic) bond motifs is 1. The summed E-state index contributed by atoms with van der Waals surface area (Å²) < 4.78 is 25.1. The third-order valence-corrected chi connectivity index (χ3v) is 2.49. The van der Waals surface area contributed by atoms with E-state index in [1.807, 2.05) is 0 Å². The van der Waals surface area contributed by atoms with Crippen LogP contribution in [0.2, 0.25) is 0 Å². The van der Waals surface area contributed by atoms with Crippen LogP contribution in [0.4, 0.5) is 8.78 Å². The van der Waals surface area contributed by atoms with Gasteiger partial charge in [-0.1, -0.05) is 0 Å². The van der Waals surface area contributed by atoms with E-state index in [1.165, 1.54) is 0 Å². The van der Waals surface area contributed by atoms with E-state index in [0.717, 1.165) is 0 Å². The maximum Gasteiger partial charge on any atom is 0.261 e. The molecule has 0 aromatic carbocycles. The van der Waals surface area contributed by atoms with Gasteiger partial charge in [-0.25, -0.2) is 8.78 Å². The van der Waals surface area contributed by atoms with Gasteiger partial charge < -0.3 is 0 Å². The minimum Gasteiger partial charge on any atom is -0.299 e. The lowest BCUT2D eigenvalue weighted by molar-refractivity contribution is -0.122. The predicted molar refractivity (Wildman–Crippen MR) is 30.8 cm³/mol. The van der Waals surface area contributed by atoms with Crippen LogP contribution in [-0.2, 0) is 4.79 Å². The summed E-state index contributed by atoms with van der Waals surface area (Å²) in [5, 5.41) is 0. The van der Waals surface area contributed by atoms with Crippen LogP contribution in [-0.4, -0.2) is 11.7 Å². The molecule has 1 nitrogen and oxygen atoms in total. The van der Waals surface area contributed by atoms with Gasteiger partial charge in [0.05, 0.1) is 5.92 Å². The van der Waals surface area contributed by atoms with Gasteiger partial charge in [-0.2, -0.15) is 0 Å². The Kier molecular flexibility index (Phi) is 0.984. The number of rotatable bonds is 0. The zero-order valence-electron chi connectivity index (χ0n) is 5.44. The summed E-state index contributed by atoms with van der Waals surface area (Å²) in [6.45, 7) is 0. The van der Waals surface area contributed by atoms with Gasteiger partial charge in [0.25, 0.3) is 5.92 Å². The van der Waals surface area contributed by atoms with Crippen LogP contribution < -0.4 is 0 Å². The number of Topliss-reactive ketones (excluding diaryl/α,β-unsaturated/α-hetero) is 1. The fourth-order valence-electron chi connectivity index (χ4n) is 1.84. The van der Waals surface area contributed by atoms with Crippen molar-refractivity contribution < 1.29 is 13.6 Å². The summed E-state index contributed by atoms with van der Waals surface area (Å²) >= 11 is 0. The van der Waals surface area contributed by atoms with E-state index in [-0.39, 0.29) is 5.78 Å². The number of carbonyl (C=O) groups excluding carboxylic acids is 1. The molecule has 0 N–H and O–H groups in total. The molecular weight excluding hydrogens is 138 g/mol. The van der Waals surface area contributed by atoms with E-state index in [4.69, 9.17) is 0 Å². The highest BCUT2D eigenvalue weighted by Crippen LogP contribution is 2.60. The Balaban J connectivity index is 2.18. The maximum atomic E-state index is 12.5. The first-order valence-electron chi connectivity index (χ1n) is 3.54. The van der Waals surface area contributed by atoms with E-state index in [2.05, 4.69) is 0 Å². The highest BCUT2D eigenvalue weighted by atomic mass is 19.3. The first-order valence-corrected chi connectivity index (χ1v) is 3.54. The van der Waals surface area contributed by atoms with E-state index >= 15 is 0 Å². The summed E-state index contributed by atoms with van der Waals surface area (Å²) in [7, 11) is 0. The summed E-state index contributed by atoms with van der Waals surface area (Å²) in [5.41, 5.74) is 0. The molecule has 56 valence electrons. The summed E-state index contributed by atoms with van der Waals surface area (Å²) in [6, 6.07) is 0. The van der Waals surface area contributed by atoms with Crippen molar-refractivity contribution in [3.8, 4) is 0 Å². The summed E-state index contributed by atoms with van der Waals surface area (Å²) in [4.78, 5) is 10.8. The lowest BCUT2D eigenvalue weighted by atomic mass is 10.00. The summed E-state index contributed by atoms with van der Waals surface area (Å²) in [5.74, 6) is -4.33. The lowest BCUT2D eigenvalue weighted by Crippen LogP contribution is -2.08. The molecule has 2 fully saturated rings. The molecule has 3 heteroatoms. The van der Waals surface area contributed by atoms with Crippen molar-refractivity contribution in [3.63, 3.8) is 0 Å². The molecule has 0 aromatic heterocycles. The number of alkyl halides is 2. The van der Waals surface area contributed by atoms with Gasteiger partial charge in [-0.3, -0.25) is 4.79 Å². The molecule has 2 atom stereocenters. The normalized spacial score (nSPS) is 42.8. The Morgan fingerprint density at radius 2 is 2.20 bits per heavy atom. The maximum absolute atomic E-state index is 12.5. The zero-order valence-corrected chi connectivity index (χ0v) is 5.44. The van der Waals surface area contributed by atoms with E-state index < -0.39 is 17.8 Å². The average Bonchev–Trinajstić information content (AvgIpc) is 2.38. The number of carbonyl (C=O) groups is 1. The Morgan fingerprint density at radius 1 is 1.50 bits per heavy atom. The molecule has 0 heterocycles. The molecular formula is C7H8F2O. The molecule has 0 amide bonds. The summed E-state index contributed by atoms with van der Waals surface area (Å²) in [6.07, 6.45) is 1.58. The molecule has 0 bridgehead atoms. The molecule has 2 aliphatic carbocycles. The zero-order chi connectivity index (χ0) is 7.35. The first-order chi connectivity index (χ1) is 4.64. The second-order valence-corrected chi connectivity index (χ2v) is 3.12. The van der Waals surface area contributed by atoms with Crippen molar-refractivity contribution in [2.45, 2.75) is 25.2 Å². The molecule has 0 aliphatic heterocycles. The molecule has 10 heavy (non-hydrogen) atoms. The van der Waals surface area contributed by atoms with Crippen LogP contribution in [0.3, 0.4) is 0 Å². The lowest BCUT2D eigenvalue weighted by Gasteiger charge is -2.02. The van der Waals surface area contributed by atoms with Gasteiger partial charge >= 0.3 is 0 Å². The molecule has 0 radical (unpaired) electrons. The Hall–Kier alpha value is -0.470. The van der Waals surface area contributed by atoms with Crippen LogP contribution in [0.15, 0.2) is 0 Å².